The fraction of sp³-hybridized carbons (Fsp3) is 0.667. The maximum Gasteiger partial charge on any atom is 0.0285 e. The predicted octanol–water partition coefficient (Wildman–Crippen LogP) is 2.72. The number of nitrogens with two attached hydrogens (primary N) is 1. The van der Waals surface area contributed by atoms with E-state index in [0.29, 0.717) is 0 Å². The van der Waals surface area contributed by atoms with Gasteiger partial charge in [-0.15, -0.1) is 11.3 Å². The van der Waals surface area contributed by atoms with E-state index in [-0.39, 0.29) is 0 Å². The Labute approximate surface area is 110 Å². The maximum atomic E-state index is 5.58. The Bertz CT molecular complexity index is 319. The van der Waals surface area contributed by atoms with E-state index in [4.69, 9.17) is 5.73 Å². The zero-order valence-electron chi connectivity index (χ0n) is 9.49. The summed E-state index contributed by atoms with van der Waals surface area (Å²) in [6, 6.07) is 2.26. The van der Waals surface area contributed by atoms with Crippen molar-refractivity contribution in [3.63, 3.8) is 0 Å². The highest BCUT2D eigenvalue weighted by molar-refractivity contribution is 9.10. The van der Waals surface area contributed by atoms with Gasteiger partial charge < -0.3 is 10.6 Å². The molecule has 1 aliphatic heterocycles. The molecule has 1 aromatic rings. The monoisotopic (exact) mass is 302 g/mol. The normalized spacial score (nSPS) is 19.1. The molecule has 90 valence electrons. The van der Waals surface area contributed by atoms with Crippen molar-refractivity contribution < 1.29 is 0 Å². The van der Waals surface area contributed by atoms with Gasteiger partial charge in [-0.3, -0.25) is 0 Å². The number of halogens is 1. The largest absolute Gasteiger partial charge is 0.329 e. The van der Waals surface area contributed by atoms with E-state index in [0.717, 1.165) is 19.0 Å². The van der Waals surface area contributed by atoms with Crippen LogP contribution in [0.4, 0.5) is 0 Å². The summed E-state index contributed by atoms with van der Waals surface area (Å²) >= 11 is 5.39. The van der Waals surface area contributed by atoms with E-state index in [9.17, 15) is 0 Å². The number of hydrogen-bond acceptors (Lipinski definition) is 3. The van der Waals surface area contributed by atoms with Crippen molar-refractivity contribution in [3.05, 3.63) is 20.8 Å². The Morgan fingerprint density at radius 3 is 2.75 bits per heavy atom. The first-order valence-electron chi connectivity index (χ1n) is 5.93. The molecular weight excluding hydrogens is 284 g/mol. The van der Waals surface area contributed by atoms with Crippen LogP contribution in [0.15, 0.2) is 15.9 Å². The summed E-state index contributed by atoms with van der Waals surface area (Å²) in [6.07, 6.45) is 3.91. The summed E-state index contributed by atoms with van der Waals surface area (Å²) < 4.78 is 1.23. The minimum Gasteiger partial charge on any atom is -0.329 e. The molecule has 0 saturated carbocycles. The van der Waals surface area contributed by atoms with Crippen LogP contribution in [0.5, 0.6) is 0 Å². The number of thiophene rings is 1. The summed E-state index contributed by atoms with van der Waals surface area (Å²) in [7, 11) is 0. The van der Waals surface area contributed by atoms with Crippen LogP contribution < -0.4 is 5.73 Å². The standard InChI is InChI=1S/C12H19BrN2S/c13-11-8-12(16-9-11)7-10-1-4-15(5-2-10)6-3-14/h8-10H,1-7,14H2. The van der Waals surface area contributed by atoms with Crippen LogP contribution in [0.25, 0.3) is 0 Å². The van der Waals surface area contributed by atoms with Crippen LogP contribution in [0.1, 0.15) is 17.7 Å². The van der Waals surface area contributed by atoms with Gasteiger partial charge in [0.05, 0.1) is 0 Å². The van der Waals surface area contributed by atoms with Crippen LogP contribution in [0.3, 0.4) is 0 Å². The molecule has 1 fully saturated rings. The first-order chi connectivity index (χ1) is 7.78. The van der Waals surface area contributed by atoms with Crippen molar-refractivity contribution in [3.8, 4) is 0 Å². The molecule has 0 spiro atoms. The molecule has 0 bridgehead atoms. The molecule has 0 aliphatic carbocycles. The molecule has 4 heteroatoms. The molecule has 0 aromatic carbocycles. The number of piperidine rings is 1. The molecule has 2 rings (SSSR count). The molecule has 2 heterocycles. The number of nitrogens with zero attached hydrogens (tertiary/aromatic N) is 1. The molecule has 0 atom stereocenters. The second kappa shape index (κ2) is 6.15. The Kier molecular flexibility index (Phi) is 4.82. The van der Waals surface area contributed by atoms with E-state index < -0.39 is 0 Å². The highest BCUT2D eigenvalue weighted by Crippen LogP contribution is 2.26. The van der Waals surface area contributed by atoms with Crippen molar-refractivity contribution in [2.75, 3.05) is 26.2 Å². The van der Waals surface area contributed by atoms with E-state index in [1.54, 1.807) is 0 Å². The lowest BCUT2D eigenvalue weighted by atomic mass is 9.93. The number of hydrogen-bond donors (Lipinski definition) is 1. The SMILES string of the molecule is NCCN1CCC(Cc2cc(Br)cs2)CC1. The van der Waals surface area contributed by atoms with Gasteiger partial charge in [0.15, 0.2) is 0 Å². The second-order valence-corrected chi connectivity index (χ2v) is 6.42. The van der Waals surface area contributed by atoms with Crippen molar-refractivity contribution in [2.45, 2.75) is 19.3 Å². The van der Waals surface area contributed by atoms with Crippen molar-refractivity contribution in [1.29, 1.82) is 0 Å². The first kappa shape index (κ1) is 12.6. The minimum absolute atomic E-state index is 0.794. The molecule has 0 radical (unpaired) electrons. The molecule has 16 heavy (non-hydrogen) atoms. The van der Waals surface area contributed by atoms with Crippen LogP contribution in [0, 0.1) is 5.92 Å². The van der Waals surface area contributed by atoms with E-state index in [1.807, 2.05) is 11.3 Å². The molecule has 0 amide bonds. The fourth-order valence-corrected chi connectivity index (χ4v) is 3.91. The van der Waals surface area contributed by atoms with Crippen LogP contribution in [0.2, 0.25) is 0 Å². The molecule has 2 nitrogen and oxygen atoms in total. The lowest BCUT2D eigenvalue weighted by molar-refractivity contribution is 0.189. The second-order valence-electron chi connectivity index (χ2n) is 4.51. The van der Waals surface area contributed by atoms with Crippen molar-refractivity contribution >= 4 is 27.3 Å². The van der Waals surface area contributed by atoms with Crippen LogP contribution in [-0.4, -0.2) is 31.1 Å². The Hall–Kier alpha value is 0.1000. The van der Waals surface area contributed by atoms with Crippen molar-refractivity contribution in [1.82, 2.24) is 4.90 Å². The third kappa shape index (κ3) is 3.55. The molecule has 2 N–H and O–H groups in total. The summed E-state index contributed by atoms with van der Waals surface area (Å²) in [5.41, 5.74) is 5.58. The highest BCUT2D eigenvalue weighted by Gasteiger charge is 2.19. The van der Waals surface area contributed by atoms with Gasteiger partial charge in [-0.25, -0.2) is 0 Å². The van der Waals surface area contributed by atoms with Gasteiger partial charge in [0.1, 0.15) is 0 Å². The summed E-state index contributed by atoms with van der Waals surface area (Å²) in [5.74, 6) is 0.875. The first-order valence-corrected chi connectivity index (χ1v) is 7.60. The summed E-state index contributed by atoms with van der Waals surface area (Å²) in [4.78, 5) is 4.00. The van der Waals surface area contributed by atoms with Gasteiger partial charge in [-0.2, -0.15) is 0 Å². The van der Waals surface area contributed by atoms with Crippen LogP contribution in [-0.2, 0) is 6.42 Å². The molecule has 0 unspecified atom stereocenters. The van der Waals surface area contributed by atoms with Crippen LogP contribution >= 0.6 is 27.3 Å². The molecule has 1 aliphatic rings. The van der Waals surface area contributed by atoms with Gasteiger partial charge in [0.25, 0.3) is 0 Å². The lowest BCUT2D eigenvalue weighted by Crippen LogP contribution is -2.37. The summed E-state index contributed by atoms with van der Waals surface area (Å²) in [6.45, 7) is 4.32. The maximum absolute atomic E-state index is 5.58. The van der Waals surface area contributed by atoms with E-state index >= 15 is 0 Å². The summed E-state index contributed by atoms with van der Waals surface area (Å²) in [5, 5.41) is 2.18. The number of rotatable bonds is 4. The molecular formula is C12H19BrN2S. The number of likely N-dealkylation sites (tertiary alicyclic amines) is 1. The van der Waals surface area contributed by atoms with Gasteiger partial charge in [0, 0.05) is 27.8 Å². The third-order valence-corrected chi connectivity index (χ3v) is 4.98. The minimum atomic E-state index is 0.794. The zero-order chi connectivity index (χ0) is 11.4. The lowest BCUT2D eigenvalue weighted by Gasteiger charge is -2.31. The van der Waals surface area contributed by atoms with E-state index in [2.05, 4.69) is 32.3 Å². The Morgan fingerprint density at radius 2 is 2.19 bits per heavy atom. The molecule has 1 aromatic heterocycles. The smallest absolute Gasteiger partial charge is 0.0285 e. The quantitative estimate of drug-likeness (QED) is 0.927. The Morgan fingerprint density at radius 1 is 1.44 bits per heavy atom. The van der Waals surface area contributed by atoms with Gasteiger partial charge in [0.2, 0.25) is 0 Å². The van der Waals surface area contributed by atoms with Crippen molar-refractivity contribution in [2.24, 2.45) is 11.7 Å². The van der Waals surface area contributed by atoms with Gasteiger partial charge >= 0.3 is 0 Å². The average Bonchev–Trinajstić information content (AvgIpc) is 2.67. The zero-order valence-corrected chi connectivity index (χ0v) is 11.9. The van der Waals surface area contributed by atoms with E-state index in [1.165, 1.54) is 41.7 Å². The third-order valence-electron chi connectivity index (χ3n) is 3.26. The average molecular weight is 303 g/mol. The molecule has 1 saturated heterocycles. The highest BCUT2D eigenvalue weighted by atomic mass is 79.9. The van der Waals surface area contributed by atoms with Gasteiger partial charge in [-0.1, -0.05) is 0 Å². The fourth-order valence-electron chi connectivity index (χ4n) is 2.34. The van der Waals surface area contributed by atoms with Gasteiger partial charge in [-0.05, 0) is 60.3 Å². The Balaban J connectivity index is 1.77. The topological polar surface area (TPSA) is 29.3 Å². The predicted molar refractivity (Wildman–Crippen MR) is 73.9 cm³/mol.